The summed E-state index contributed by atoms with van der Waals surface area (Å²) in [5.41, 5.74) is 1.90. The van der Waals surface area contributed by atoms with Crippen LogP contribution in [-0.4, -0.2) is 41.1 Å². The van der Waals surface area contributed by atoms with Gasteiger partial charge in [-0.05, 0) is 36.8 Å². The normalized spacial score (nSPS) is 14.2. The number of halogens is 1. The predicted molar refractivity (Wildman–Crippen MR) is 109 cm³/mol. The summed E-state index contributed by atoms with van der Waals surface area (Å²) in [7, 11) is 0. The Hall–Kier alpha value is -3.22. The van der Waals surface area contributed by atoms with Crippen LogP contribution in [0.4, 0.5) is 22.0 Å². The van der Waals surface area contributed by atoms with E-state index in [0.717, 1.165) is 49.1 Å². The van der Waals surface area contributed by atoms with Crippen molar-refractivity contribution in [1.82, 2.24) is 15.0 Å². The molecule has 1 N–H and O–H groups in total. The zero-order chi connectivity index (χ0) is 19.3. The Balaban J connectivity index is 1.40. The van der Waals surface area contributed by atoms with E-state index in [1.165, 1.54) is 12.1 Å². The van der Waals surface area contributed by atoms with Gasteiger partial charge in [0, 0.05) is 50.7 Å². The van der Waals surface area contributed by atoms with Gasteiger partial charge in [-0.2, -0.15) is 4.98 Å². The fraction of sp³-hybridized carbons (Fsp3) is 0.286. The van der Waals surface area contributed by atoms with Crippen LogP contribution in [0.15, 0.2) is 54.7 Å². The highest BCUT2D eigenvalue weighted by Crippen LogP contribution is 2.19. The second-order valence-corrected chi connectivity index (χ2v) is 6.83. The molecule has 7 heteroatoms. The molecule has 0 unspecified atom stereocenters. The van der Waals surface area contributed by atoms with Crippen LogP contribution in [0, 0.1) is 12.7 Å². The van der Waals surface area contributed by atoms with Gasteiger partial charge in [0.2, 0.25) is 5.95 Å². The van der Waals surface area contributed by atoms with Crippen LogP contribution >= 0.6 is 0 Å². The van der Waals surface area contributed by atoms with E-state index in [-0.39, 0.29) is 5.82 Å². The van der Waals surface area contributed by atoms with E-state index in [0.29, 0.717) is 12.5 Å². The van der Waals surface area contributed by atoms with E-state index in [1.54, 1.807) is 12.1 Å². The van der Waals surface area contributed by atoms with E-state index in [1.807, 2.05) is 37.4 Å². The lowest BCUT2D eigenvalue weighted by Gasteiger charge is -2.36. The minimum Gasteiger partial charge on any atom is -0.353 e. The molecule has 6 nitrogen and oxygen atoms in total. The molecule has 0 saturated carbocycles. The Morgan fingerprint density at radius 3 is 2.32 bits per heavy atom. The first-order valence-electron chi connectivity index (χ1n) is 9.42. The Labute approximate surface area is 164 Å². The largest absolute Gasteiger partial charge is 0.353 e. The molecule has 0 radical (unpaired) electrons. The van der Waals surface area contributed by atoms with Gasteiger partial charge in [0.25, 0.3) is 0 Å². The zero-order valence-electron chi connectivity index (χ0n) is 15.8. The third kappa shape index (κ3) is 4.36. The number of benzene rings is 1. The van der Waals surface area contributed by atoms with Crippen molar-refractivity contribution in [1.29, 1.82) is 0 Å². The third-order valence-corrected chi connectivity index (χ3v) is 4.78. The molecule has 0 spiro atoms. The van der Waals surface area contributed by atoms with Crippen LogP contribution < -0.4 is 15.1 Å². The summed E-state index contributed by atoms with van der Waals surface area (Å²) >= 11 is 0. The van der Waals surface area contributed by atoms with Crippen LogP contribution in [0.2, 0.25) is 0 Å². The Kier molecular flexibility index (Phi) is 5.32. The van der Waals surface area contributed by atoms with Gasteiger partial charge in [-0.25, -0.2) is 14.4 Å². The molecule has 0 atom stereocenters. The Morgan fingerprint density at radius 1 is 0.929 bits per heavy atom. The summed E-state index contributed by atoms with van der Waals surface area (Å²) in [5.74, 6) is 2.30. The summed E-state index contributed by atoms with van der Waals surface area (Å²) in [4.78, 5) is 18.2. The maximum atomic E-state index is 13.0. The average Bonchev–Trinajstić information content (AvgIpc) is 2.74. The highest BCUT2D eigenvalue weighted by molar-refractivity contribution is 5.48. The lowest BCUT2D eigenvalue weighted by Crippen LogP contribution is -2.47. The smallest absolute Gasteiger partial charge is 0.225 e. The molecule has 1 saturated heterocycles. The number of anilines is 3. The van der Waals surface area contributed by atoms with E-state index in [4.69, 9.17) is 0 Å². The summed E-state index contributed by atoms with van der Waals surface area (Å²) < 4.78 is 13.0. The second kappa shape index (κ2) is 8.21. The number of nitrogens with one attached hydrogen (secondary N) is 1. The van der Waals surface area contributed by atoms with Crippen LogP contribution in [0.1, 0.15) is 11.3 Å². The highest BCUT2D eigenvalue weighted by atomic mass is 19.1. The van der Waals surface area contributed by atoms with Crippen molar-refractivity contribution < 1.29 is 4.39 Å². The lowest BCUT2D eigenvalue weighted by atomic mass is 10.2. The third-order valence-electron chi connectivity index (χ3n) is 4.78. The van der Waals surface area contributed by atoms with Crippen molar-refractivity contribution in [3.05, 3.63) is 71.8 Å². The fourth-order valence-corrected chi connectivity index (χ4v) is 3.28. The number of pyridine rings is 1. The standard InChI is InChI=1S/C21H23FN6/c1-16-14-20(26-21(25-16)24-15-17-5-7-18(22)8-6-17)28-12-10-27(11-13-28)19-4-2-3-9-23-19/h2-9,14H,10-13,15H2,1H3,(H,24,25,26). The molecular weight excluding hydrogens is 355 g/mol. The van der Waals surface area contributed by atoms with Crippen molar-refractivity contribution in [3.63, 3.8) is 0 Å². The van der Waals surface area contributed by atoms with Gasteiger partial charge in [0.1, 0.15) is 17.5 Å². The molecule has 1 aromatic carbocycles. The molecule has 0 aliphatic carbocycles. The van der Waals surface area contributed by atoms with Crippen molar-refractivity contribution >= 4 is 17.6 Å². The Morgan fingerprint density at radius 2 is 1.64 bits per heavy atom. The summed E-state index contributed by atoms with van der Waals surface area (Å²) in [6.07, 6.45) is 1.83. The minimum absolute atomic E-state index is 0.234. The average molecular weight is 378 g/mol. The quantitative estimate of drug-likeness (QED) is 0.736. The molecule has 3 heterocycles. The Bertz CT molecular complexity index is 908. The molecule has 3 aromatic rings. The van der Waals surface area contributed by atoms with Gasteiger partial charge in [0.05, 0.1) is 0 Å². The van der Waals surface area contributed by atoms with Gasteiger partial charge < -0.3 is 15.1 Å². The molecule has 1 aliphatic heterocycles. The molecule has 4 rings (SSSR count). The summed E-state index contributed by atoms with van der Waals surface area (Å²) in [6.45, 7) is 6.08. The number of aromatic nitrogens is 3. The molecule has 28 heavy (non-hydrogen) atoms. The van der Waals surface area contributed by atoms with Gasteiger partial charge in [-0.1, -0.05) is 18.2 Å². The molecule has 144 valence electrons. The molecule has 0 amide bonds. The van der Waals surface area contributed by atoms with E-state index < -0.39 is 0 Å². The zero-order valence-corrected chi connectivity index (χ0v) is 15.8. The van der Waals surface area contributed by atoms with Gasteiger partial charge in [-0.3, -0.25) is 0 Å². The maximum absolute atomic E-state index is 13.0. The minimum atomic E-state index is -0.234. The number of hydrogen-bond donors (Lipinski definition) is 1. The summed E-state index contributed by atoms with van der Waals surface area (Å²) in [6, 6.07) is 14.4. The SMILES string of the molecule is Cc1cc(N2CCN(c3ccccn3)CC2)nc(NCc2ccc(F)cc2)n1. The van der Waals surface area contributed by atoms with Crippen LogP contribution in [0.5, 0.6) is 0 Å². The van der Waals surface area contributed by atoms with Crippen molar-refractivity contribution in [2.75, 3.05) is 41.3 Å². The number of piperazine rings is 1. The van der Waals surface area contributed by atoms with Gasteiger partial charge in [-0.15, -0.1) is 0 Å². The summed E-state index contributed by atoms with van der Waals surface area (Å²) in [5, 5.41) is 3.24. The first-order valence-corrected chi connectivity index (χ1v) is 9.42. The maximum Gasteiger partial charge on any atom is 0.225 e. The van der Waals surface area contributed by atoms with Gasteiger partial charge >= 0.3 is 0 Å². The number of nitrogens with zero attached hydrogens (tertiary/aromatic N) is 5. The van der Waals surface area contributed by atoms with E-state index in [9.17, 15) is 4.39 Å². The van der Waals surface area contributed by atoms with Crippen molar-refractivity contribution in [3.8, 4) is 0 Å². The number of aryl methyl sites for hydroxylation is 1. The van der Waals surface area contributed by atoms with Crippen LogP contribution in [0.25, 0.3) is 0 Å². The fourth-order valence-electron chi connectivity index (χ4n) is 3.28. The van der Waals surface area contributed by atoms with E-state index >= 15 is 0 Å². The second-order valence-electron chi connectivity index (χ2n) is 6.83. The molecular formula is C21H23FN6. The van der Waals surface area contributed by atoms with Crippen LogP contribution in [0.3, 0.4) is 0 Å². The predicted octanol–water partition coefficient (Wildman–Crippen LogP) is 3.26. The number of rotatable bonds is 5. The van der Waals surface area contributed by atoms with Gasteiger partial charge in [0.15, 0.2) is 0 Å². The highest BCUT2D eigenvalue weighted by Gasteiger charge is 2.19. The monoisotopic (exact) mass is 378 g/mol. The molecule has 0 bridgehead atoms. The van der Waals surface area contributed by atoms with Crippen LogP contribution in [-0.2, 0) is 6.54 Å². The molecule has 1 aliphatic rings. The molecule has 1 fully saturated rings. The lowest BCUT2D eigenvalue weighted by molar-refractivity contribution is 0.627. The topological polar surface area (TPSA) is 57.2 Å². The van der Waals surface area contributed by atoms with Crippen molar-refractivity contribution in [2.45, 2.75) is 13.5 Å². The first kappa shape index (κ1) is 18.2. The number of hydrogen-bond acceptors (Lipinski definition) is 6. The van der Waals surface area contributed by atoms with Crippen molar-refractivity contribution in [2.24, 2.45) is 0 Å². The van der Waals surface area contributed by atoms with E-state index in [2.05, 4.69) is 30.1 Å². The molecule has 2 aromatic heterocycles. The first-order chi connectivity index (χ1) is 13.7.